The number of hydrogen-bond acceptors (Lipinski definition) is 6. The first-order valence-corrected chi connectivity index (χ1v) is 9.62. The SMILES string of the molecule is CC1(C)OC1COc1cc(OCC2OC2(C)C)cc(OCC2OC2(C)C)c1. The molecular weight excluding hydrogens is 348 g/mol. The smallest absolute Gasteiger partial charge is 0.126 e. The maximum atomic E-state index is 5.93. The number of epoxide rings is 3. The summed E-state index contributed by atoms with van der Waals surface area (Å²) < 4.78 is 34.5. The van der Waals surface area contributed by atoms with Crippen molar-refractivity contribution >= 4 is 0 Å². The van der Waals surface area contributed by atoms with E-state index in [-0.39, 0.29) is 35.1 Å². The Kier molecular flexibility index (Phi) is 4.37. The molecule has 3 aliphatic rings. The fourth-order valence-electron chi connectivity index (χ4n) is 3.01. The van der Waals surface area contributed by atoms with Crippen LogP contribution in [0.15, 0.2) is 18.2 Å². The Balaban J connectivity index is 1.38. The van der Waals surface area contributed by atoms with E-state index in [1.807, 2.05) is 18.2 Å². The average molecular weight is 378 g/mol. The molecule has 6 nitrogen and oxygen atoms in total. The molecule has 0 spiro atoms. The molecule has 3 saturated heterocycles. The van der Waals surface area contributed by atoms with Gasteiger partial charge in [-0.3, -0.25) is 0 Å². The highest BCUT2D eigenvalue weighted by atomic mass is 16.6. The molecule has 3 aliphatic heterocycles. The van der Waals surface area contributed by atoms with Crippen molar-refractivity contribution in [2.24, 2.45) is 0 Å². The molecule has 0 bridgehead atoms. The molecule has 1 aromatic rings. The Morgan fingerprint density at radius 3 is 1.00 bits per heavy atom. The van der Waals surface area contributed by atoms with Crippen molar-refractivity contribution in [3.63, 3.8) is 0 Å². The van der Waals surface area contributed by atoms with Gasteiger partial charge >= 0.3 is 0 Å². The monoisotopic (exact) mass is 378 g/mol. The van der Waals surface area contributed by atoms with Crippen LogP contribution in [-0.2, 0) is 14.2 Å². The third-order valence-electron chi connectivity index (χ3n) is 5.55. The molecule has 1 aromatic carbocycles. The zero-order valence-electron chi connectivity index (χ0n) is 17.0. The molecule has 0 saturated carbocycles. The van der Waals surface area contributed by atoms with E-state index in [1.165, 1.54) is 0 Å². The van der Waals surface area contributed by atoms with Crippen LogP contribution in [0.1, 0.15) is 41.5 Å². The minimum absolute atomic E-state index is 0.1000. The van der Waals surface area contributed by atoms with Crippen molar-refractivity contribution in [1.29, 1.82) is 0 Å². The van der Waals surface area contributed by atoms with Crippen LogP contribution in [0.4, 0.5) is 0 Å². The van der Waals surface area contributed by atoms with Gasteiger partial charge in [0.1, 0.15) is 55.4 Å². The molecule has 0 aromatic heterocycles. The Morgan fingerprint density at radius 2 is 0.815 bits per heavy atom. The Hall–Kier alpha value is -1.50. The zero-order valence-corrected chi connectivity index (χ0v) is 17.0. The summed E-state index contributed by atoms with van der Waals surface area (Å²) >= 11 is 0. The molecule has 0 aliphatic carbocycles. The van der Waals surface area contributed by atoms with E-state index in [4.69, 9.17) is 28.4 Å². The number of hydrogen-bond donors (Lipinski definition) is 0. The van der Waals surface area contributed by atoms with Gasteiger partial charge in [0, 0.05) is 18.2 Å². The Labute approximate surface area is 161 Å². The summed E-state index contributed by atoms with van der Waals surface area (Å²) in [6.07, 6.45) is 0.355. The van der Waals surface area contributed by atoms with Crippen LogP contribution in [0.25, 0.3) is 0 Å². The molecule has 6 heteroatoms. The summed E-state index contributed by atoms with van der Waals surface area (Å²) in [6, 6.07) is 5.65. The summed E-state index contributed by atoms with van der Waals surface area (Å²) in [6.45, 7) is 13.9. The van der Waals surface area contributed by atoms with Gasteiger partial charge in [0.15, 0.2) is 0 Å². The third kappa shape index (κ3) is 4.50. The van der Waals surface area contributed by atoms with Gasteiger partial charge in [-0.1, -0.05) is 0 Å². The first kappa shape index (κ1) is 18.8. The minimum atomic E-state index is -0.1000. The van der Waals surface area contributed by atoms with Crippen molar-refractivity contribution in [2.75, 3.05) is 19.8 Å². The van der Waals surface area contributed by atoms with Gasteiger partial charge < -0.3 is 28.4 Å². The predicted octanol–water partition coefficient (Wildman–Crippen LogP) is 3.36. The van der Waals surface area contributed by atoms with Crippen molar-refractivity contribution in [2.45, 2.75) is 76.7 Å². The first-order chi connectivity index (χ1) is 12.6. The van der Waals surface area contributed by atoms with E-state index >= 15 is 0 Å². The molecule has 0 radical (unpaired) electrons. The van der Waals surface area contributed by atoms with Crippen molar-refractivity contribution in [3.05, 3.63) is 18.2 Å². The van der Waals surface area contributed by atoms with Gasteiger partial charge in [0.05, 0.1) is 16.8 Å². The molecule has 3 heterocycles. The van der Waals surface area contributed by atoms with Gasteiger partial charge in [-0.2, -0.15) is 0 Å². The lowest BCUT2D eigenvalue weighted by Gasteiger charge is -2.13. The highest BCUT2D eigenvalue weighted by Gasteiger charge is 2.49. The van der Waals surface area contributed by atoms with E-state index in [0.717, 1.165) is 0 Å². The molecule has 27 heavy (non-hydrogen) atoms. The maximum absolute atomic E-state index is 5.93. The summed E-state index contributed by atoms with van der Waals surface area (Å²) in [7, 11) is 0. The normalized spacial score (nSPS) is 31.1. The van der Waals surface area contributed by atoms with Crippen molar-refractivity contribution in [3.8, 4) is 17.2 Å². The fourth-order valence-corrected chi connectivity index (χ4v) is 3.01. The van der Waals surface area contributed by atoms with E-state index in [2.05, 4.69) is 41.5 Å². The van der Waals surface area contributed by atoms with Crippen molar-refractivity contribution in [1.82, 2.24) is 0 Å². The van der Waals surface area contributed by atoms with Crippen LogP contribution in [-0.4, -0.2) is 54.9 Å². The van der Waals surface area contributed by atoms with Crippen LogP contribution in [0.3, 0.4) is 0 Å². The summed E-state index contributed by atoms with van der Waals surface area (Å²) in [5.41, 5.74) is -0.300. The first-order valence-electron chi connectivity index (χ1n) is 9.62. The van der Waals surface area contributed by atoms with Crippen LogP contribution >= 0.6 is 0 Å². The highest BCUT2D eigenvalue weighted by Crippen LogP contribution is 2.39. The van der Waals surface area contributed by atoms with Crippen molar-refractivity contribution < 1.29 is 28.4 Å². The van der Waals surface area contributed by atoms with Gasteiger partial charge in [0.25, 0.3) is 0 Å². The predicted molar refractivity (Wildman–Crippen MR) is 99.8 cm³/mol. The molecule has 3 unspecified atom stereocenters. The largest absolute Gasteiger partial charge is 0.490 e. The Bertz CT molecular complexity index is 603. The van der Waals surface area contributed by atoms with Crippen LogP contribution < -0.4 is 14.2 Å². The molecule has 0 N–H and O–H groups in total. The second kappa shape index (κ2) is 6.26. The zero-order chi connectivity index (χ0) is 19.4. The number of ether oxygens (including phenoxy) is 6. The molecule has 0 amide bonds. The van der Waals surface area contributed by atoms with Gasteiger partial charge in [-0.15, -0.1) is 0 Å². The lowest BCUT2D eigenvalue weighted by atomic mass is 10.1. The molecule has 3 fully saturated rings. The van der Waals surface area contributed by atoms with Gasteiger partial charge in [-0.05, 0) is 41.5 Å². The molecule has 4 rings (SSSR count). The number of benzene rings is 1. The van der Waals surface area contributed by atoms with Crippen LogP contribution in [0.5, 0.6) is 17.2 Å². The summed E-state index contributed by atoms with van der Waals surface area (Å²) in [4.78, 5) is 0. The third-order valence-corrected chi connectivity index (χ3v) is 5.55. The lowest BCUT2D eigenvalue weighted by molar-refractivity contribution is 0.237. The summed E-state index contributed by atoms with van der Waals surface area (Å²) in [5.74, 6) is 2.13. The van der Waals surface area contributed by atoms with E-state index in [1.54, 1.807) is 0 Å². The van der Waals surface area contributed by atoms with E-state index in [9.17, 15) is 0 Å². The lowest BCUT2D eigenvalue weighted by Crippen LogP contribution is -2.14. The van der Waals surface area contributed by atoms with E-state index in [0.29, 0.717) is 37.1 Å². The fraction of sp³-hybridized carbons (Fsp3) is 0.714. The number of rotatable bonds is 9. The minimum Gasteiger partial charge on any atom is -0.490 e. The second-order valence-corrected chi connectivity index (χ2v) is 9.20. The quantitative estimate of drug-likeness (QED) is 0.614. The standard InChI is InChI=1S/C21H30O6/c1-19(2)16(25-19)10-22-13-7-14(23-11-17-20(3,4)26-17)9-15(8-13)24-12-18-21(5,6)27-18/h7-9,16-18H,10-12H2,1-6H3. The van der Waals surface area contributed by atoms with Gasteiger partial charge in [0.2, 0.25) is 0 Å². The Morgan fingerprint density at radius 1 is 0.593 bits per heavy atom. The average Bonchev–Trinajstić information content (AvgIpc) is 3.49. The van der Waals surface area contributed by atoms with Gasteiger partial charge in [-0.25, -0.2) is 0 Å². The maximum Gasteiger partial charge on any atom is 0.126 e. The summed E-state index contributed by atoms with van der Waals surface area (Å²) in [5, 5.41) is 0. The highest BCUT2D eigenvalue weighted by molar-refractivity contribution is 5.42. The molecular formula is C21H30O6. The topological polar surface area (TPSA) is 65.3 Å². The van der Waals surface area contributed by atoms with E-state index < -0.39 is 0 Å². The molecule has 150 valence electrons. The second-order valence-electron chi connectivity index (χ2n) is 9.20. The van der Waals surface area contributed by atoms with Crippen LogP contribution in [0, 0.1) is 0 Å². The molecule has 3 atom stereocenters. The van der Waals surface area contributed by atoms with Crippen LogP contribution in [0.2, 0.25) is 0 Å².